The lowest BCUT2D eigenvalue weighted by atomic mass is 10.1. The topological polar surface area (TPSA) is 70.8 Å². The number of anilines is 5. The Morgan fingerprint density at radius 3 is 1.81 bits per heavy atom. The molecule has 0 fully saturated rings. The van der Waals surface area contributed by atoms with E-state index in [4.69, 9.17) is 10.4 Å². The summed E-state index contributed by atoms with van der Waals surface area (Å²) in [6, 6.07) is 30.7. The minimum absolute atomic E-state index is 0.278. The number of aliphatic carboxylic acids is 1. The number of thiophene rings is 1. The van der Waals surface area contributed by atoms with E-state index in [1.807, 2.05) is 40.3 Å². The normalized spacial score (nSPS) is 11.1. The van der Waals surface area contributed by atoms with Crippen LogP contribution in [0.4, 0.5) is 28.4 Å². The van der Waals surface area contributed by atoms with Crippen LogP contribution < -0.4 is 14.7 Å². The van der Waals surface area contributed by atoms with Gasteiger partial charge in [0.2, 0.25) is 0 Å². The number of carboxylic acid groups (broad SMARTS) is 1. The summed E-state index contributed by atoms with van der Waals surface area (Å²) in [6.07, 6.45) is 1.40. The maximum absolute atomic E-state index is 11.2. The lowest BCUT2D eigenvalue weighted by Gasteiger charge is -2.28. The molecule has 6 nitrogen and oxygen atoms in total. The molecule has 1 N–H and O–H groups in total. The minimum Gasteiger partial charge on any atom is -0.477 e. The zero-order valence-electron chi connectivity index (χ0n) is 21.2. The Balaban J connectivity index is 1.73. The molecule has 3 aromatic carbocycles. The van der Waals surface area contributed by atoms with Crippen LogP contribution in [0.1, 0.15) is 4.88 Å². The summed E-state index contributed by atoms with van der Waals surface area (Å²) < 4.78 is 0. The Kier molecular flexibility index (Phi) is 7.61. The highest BCUT2D eigenvalue weighted by Crippen LogP contribution is 2.39. The first-order chi connectivity index (χ1) is 17.8. The van der Waals surface area contributed by atoms with Gasteiger partial charge in [-0.2, -0.15) is 5.26 Å². The molecular formula is C30H28N4O2S. The zero-order valence-corrected chi connectivity index (χ0v) is 22.0. The van der Waals surface area contributed by atoms with Crippen molar-refractivity contribution in [3.05, 3.63) is 95.4 Å². The molecule has 0 radical (unpaired) electrons. The van der Waals surface area contributed by atoms with Gasteiger partial charge in [-0.05, 0) is 72.3 Å². The molecule has 0 spiro atoms. The molecule has 0 saturated heterocycles. The van der Waals surface area contributed by atoms with Crippen LogP contribution in [0.5, 0.6) is 0 Å². The molecule has 4 rings (SSSR count). The van der Waals surface area contributed by atoms with E-state index in [9.17, 15) is 4.79 Å². The summed E-state index contributed by atoms with van der Waals surface area (Å²) in [7, 11) is 8.13. The summed E-state index contributed by atoms with van der Waals surface area (Å²) >= 11 is 1.45. The van der Waals surface area contributed by atoms with Crippen LogP contribution in [0.3, 0.4) is 0 Å². The molecule has 0 aliphatic heterocycles. The fourth-order valence-corrected chi connectivity index (χ4v) is 4.87. The Hall–Kier alpha value is -4.54. The quantitative estimate of drug-likeness (QED) is 0.204. The fraction of sp³-hybridized carbons (Fsp3) is 0.133. The van der Waals surface area contributed by atoms with Crippen molar-refractivity contribution in [1.82, 2.24) is 0 Å². The first-order valence-corrected chi connectivity index (χ1v) is 12.5. The van der Waals surface area contributed by atoms with Crippen molar-refractivity contribution in [2.45, 2.75) is 0 Å². The second kappa shape index (κ2) is 11.0. The van der Waals surface area contributed by atoms with E-state index >= 15 is 0 Å². The van der Waals surface area contributed by atoms with Gasteiger partial charge >= 0.3 is 5.97 Å². The lowest BCUT2D eigenvalue weighted by Crippen LogP contribution is -2.14. The highest BCUT2D eigenvalue weighted by molar-refractivity contribution is 7.16. The number of carbonyl (C=O) groups is 1. The summed E-state index contributed by atoms with van der Waals surface area (Å²) in [5.41, 5.74) is 6.09. The van der Waals surface area contributed by atoms with Crippen LogP contribution in [0, 0.1) is 11.3 Å². The molecule has 0 amide bonds. The average Bonchev–Trinajstić information content (AvgIpc) is 3.36. The van der Waals surface area contributed by atoms with E-state index in [1.54, 1.807) is 6.07 Å². The van der Waals surface area contributed by atoms with Crippen LogP contribution in [-0.4, -0.2) is 39.3 Å². The van der Waals surface area contributed by atoms with Gasteiger partial charge in [0.15, 0.2) is 0 Å². The lowest BCUT2D eigenvalue weighted by molar-refractivity contribution is -0.132. The summed E-state index contributed by atoms with van der Waals surface area (Å²) in [4.78, 5) is 19.3. The summed E-state index contributed by atoms with van der Waals surface area (Å²) in [6.45, 7) is 0. The highest BCUT2D eigenvalue weighted by Gasteiger charge is 2.15. The van der Waals surface area contributed by atoms with Gasteiger partial charge in [-0.3, -0.25) is 0 Å². The van der Waals surface area contributed by atoms with Gasteiger partial charge in [0.05, 0.1) is 0 Å². The Morgan fingerprint density at radius 2 is 1.32 bits per heavy atom. The van der Waals surface area contributed by atoms with Gasteiger partial charge < -0.3 is 19.8 Å². The van der Waals surface area contributed by atoms with Crippen LogP contribution in [0.25, 0.3) is 16.5 Å². The fourth-order valence-electron chi connectivity index (χ4n) is 3.91. The zero-order chi connectivity index (χ0) is 26.5. The molecule has 0 bridgehead atoms. The van der Waals surface area contributed by atoms with Gasteiger partial charge in [0.25, 0.3) is 0 Å². The standard InChI is InChI=1S/C30H28N4O2S/c1-32(2)24-7-5-9-26(18-24)34(27-10-6-8-25(19-27)33(3)4)23-13-11-21(12-14-23)29-16-15-28(37-29)17-22(20-31)30(35)36/h5-19H,1-4H3,(H,35,36)/b22-17+. The number of hydrogen-bond acceptors (Lipinski definition) is 6. The van der Waals surface area contributed by atoms with Gasteiger partial charge in [-0.15, -0.1) is 11.3 Å². The number of rotatable bonds is 8. The predicted molar refractivity (Wildman–Crippen MR) is 154 cm³/mol. The number of nitrogens with zero attached hydrogens (tertiary/aromatic N) is 4. The number of nitriles is 1. The van der Waals surface area contributed by atoms with Crippen LogP contribution >= 0.6 is 11.3 Å². The van der Waals surface area contributed by atoms with Crippen molar-refractivity contribution >= 4 is 51.8 Å². The number of carboxylic acids is 1. The van der Waals surface area contributed by atoms with E-state index in [0.29, 0.717) is 0 Å². The smallest absolute Gasteiger partial charge is 0.346 e. The molecule has 4 aromatic rings. The van der Waals surface area contributed by atoms with Gasteiger partial charge in [0, 0.05) is 66.4 Å². The molecule has 0 aliphatic carbocycles. The van der Waals surface area contributed by atoms with Gasteiger partial charge in [-0.1, -0.05) is 24.3 Å². The largest absolute Gasteiger partial charge is 0.477 e. The number of hydrogen-bond donors (Lipinski definition) is 1. The molecule has 186 valence electrons. The van der Waals surface area contributed by atoms with Crippen LogP contribution in [-0.2, 0) is 4.79 Å². The molecular weight excluding hydrogens is 480 g/mol. The van der Waals surface area contributed by atoms with Crippen molar-refractivity contribution in [2.75, 3.05) is 42.9 Å². The monoisotopic (exact) mass is 508 g/mol. The van der Waals surface area contributed by atoms with E-state index in [1.165, 1.54) is 17.4 Å². The molecule has 37 heavy (non-hydrogen) atoms. The van der Waals surface area contributed by atoms with Crippen molar-refractivity contribution in [3.8, 4) is 16.5 Å². The van der Waals surface area contributed by atoms with Crippen molar-refractivity contribution in [2.24, 2.45) is 0 Å². The molecule has 0 unspecified atom stereocenters. The molecule has 1 aromatic heterocycles. The second-order valence-electron chi connectivity index (χ2n) is 8.89. The Labute approximate surface area is 221 Å². The second-order valence-corrected chi connectivity index (χ2v) is 10.0. The maximum atomic E-state index is 11.2. The first kappa shape index (κ1) is 25.5. The van der Waals surface area contributed by atoms with Gasteiger partial charge in [0.1, 0.15) is 11.6 Å². The predicted octanol–water partition coefficient (Wildman–Crippen LogP) is 7.01. The first-order valence-electron chi connectivity index (χ1n) is 11.7. The van der Waals surface area contributed by atoms with Crippen LogP contribution in [0.2, 0.25) is 0 Å². The maximum Gasteiger partial charge on any atom is 0.346 e. The van der Waals surface area contributed by atoms with Crippen LogP contribution in [0.15, 0.2) is 90.5 Å². The van der Waals surface area contributed by atoms with E-state index in [2.05, 4.69) is 87.5 Å². The summed E-state index contributed by atoms with van der Waals surface area (Å²) in [5, 5.41) is 18.2. The van der Waals surface area contributed by atoms with Crippen molar-refractivity contribution in [3.63, 3.8) is 0 Å². The molecule has 1 heterocycles. The Bertz CT molecular complexity index is 1430. The third-order valence-electron chi connectivity index (χ3n) is 5.88. The Morgan fingerprint density at radius 1 is 0.784 bits per heavy atom. The third-order valence-corrected chi connectivity index (χ3v) is 6.96. The number of benzene rings is 3. The SMILES string of the molecule is CN(C)c1cccc(N(c2ccc(-c3ccc(/C=C(\C#N)C(=O)O)s3)cc2)c2cccc(N(C)C)c2)c1. The highest BCUT2D eigenvalue weighted by atomic mass is 32.1. The molecule has 0 saturated carbocycles. The van der Waals surface area contributed by atoms with E-state index in [0.717, 1.165) is 43.8 Å². The molecule has 0 aliphatic rings. The molecule has 7 heteroatoms. The van der Waals surface area contributed by atoms with E-state index < -0.39 is 5.97 Å². The van der Waals surface area contributed by atoms with Crippen molar-refractivity contribution in [1.29, 1.82) is 5.26 Å². The molecule has 0 atom stereocenters. The summed E-state index contributed by atoms with van der Waals surface area (Å²) in [5.74, 6) is -1.22. The third kappa shape index (κ3) is 5.83. The average molecular weight is 509 g/mol. The van der Waals surface area contributed by atoms with E-state index in [-0.39, 0.29) is 5.57 Å². The van der Waals surface area contributed by atoms with Gasteiger partial charge in [-0.25, -0.2) is 4.79 Å². The minimum atomic E-state index is -1.22. The van der Waals surface area contributed by atoms with Crippen molar-refractivity contribution < 1.29 is 9.90 Å².